The van der Waals surface area contributed by atoms with Gasteiger partial charge in [-0.15, -0.1) is 11.3 Å². The Morgan fingerprint density at radius 3 is 2.73 bits per heavy atom. The summed E-state index contributed by atoms with van der Waals surface area (Å²) in [6.45, 7) is 4.89. The van der Waals surface area contributed by atoms with Crippen LogP contribution >= 0.6 is 43.2 Å². The topological polar surface area (TPSA) is 29.1 Å². The first-order chi connectivity index (χ1) is 7.00. The molecule has 0 aliphatic heterocycles. The maximum atomic E-state index is 11.6. The molecule has 0 spiro atoms. The average Bonchev–Trinajstić information content (AvgIpc) is 2.60. The molecule has 1 unspecified atom stereocenters. The summed E-state index contributed by atoms with van der Waals surface area (Å²) in [5, 5.41) is 4.74. The third-order valence-electron chi connectivity index (χ3n) is 2.01. The van der Waals surface area contributed by atoms with Crippen LogP contribution in [0.3, 0.4) is 0 Å². The van der Waals surface area contributed by atoms with Crippen molar-refractivity contribution in [2.75, 3.05) is 6.54 Å². The molecule has 1 heterocycles. The molecule has 2 nitrogen and oxygen atoms in total. The first kappa shape index (κ1) is 13.2. The Bertz CT molecular complexity index is 338. The summed E-state index contributed by atoms with van der Waals surface area (Å²) in [6.07, 6.45) is 0. The standard InChI is InChI=1S/C10H13Br2NOS/c1-6(2)8(11)4-13-10(14)7-3-9(12)15-5-7/h3,5-6,8H,4H2,1-2H3,(H,13,14). The molecule has 0 aromatic carbocycles. The molecule has 0 bridgehead atoms. The third kappa shape index (κ3) is 4.25. The van der Waals surface area contributed by atoms with E-state index in [4.69, 9.17) is 0 Å². The highest BCUT2D eigenvalue weighted by Crippen LogP contribution is 2.20. The normalized spacial score (nSPS) is 12.9. The summed E-state index contributed by atoms with van der Waals surface area (Å²) in [5.74, 6) is 0.501. The molecule has 0 aliphatic carbocycles. The van der Waals surface area contributed by atoms with Crippen molar-refractivity contribution in [1.29, 1.82) is 0 Å². The largest absolute Gasteiger partial charge is 0.351 e. The van der Waals surface area contributed by atoms with Crippen LogP contribution in [0, 0.1) is 5.92 Å². The lowest BCUT2D eigenvalue weighted by atomic mass is 10.1. The molecular formula is C10H13Br2NOS. The molecule has 1 rings (SSSR count). The second-order valence-corrected chi connectivity index (χ2v) is 7.08. The molecule has 15 heavy (non-hydrogen) atoms. The van der Waals surface area contributed by atoms with Crippen LogP contribution in [-0.4, -0.2) is 17.3 Å². The Balaban J connectivity index is 2.43. The van der Waals surface area contributed by atoms with E-state index >= 15 is 0 Å². The number of amides is 1. The summed E-state index contributed by atoms with van der Waals surface area (Å²) in [4.78, 5) is 12.0. The van der Waals surface area contributed by atoms with Gasteiger partial charge in [0.2, 0.25) is 0 Å². The fourth-order valence-corrected chi connectivity index (χ4v) is 2.26. The van der Waals surface area contributed by atoms with Crippen LogP contribution in [0.25, 0.3) is 0 Å². The summed E-state index contributed by atoms with van der Waals surface area (Å²) in [7, 11) is 0. The molecule has 1 amide bonds. The van der Waals surface area contributed by atoms with E-state index in [2.05, 4.69) is 51.0 Å². The van der Waals surface area contributed by atoms with Gasteiger partial charge in [0.1, 0.15) is 0 Å². The number of hydrogen-bond acceptors (Lipinski definition) is 2. The minimum atomic E-state index is -0.0120. The molecule has 84 valence electrons. The van der Waals surface area contributed by atoms with E-state index in [0.29, 0.717) is 17.3 Å². The van der Waals surface area contributed by atoms with Crippen molar-refractivity contribution in [1.82, 2.24) is 5.32 Å². The van der Waals surface area contributed by atoms with Crippen LogP contribution in [0.4, 0.5) is 0 Å². The number of carbonyl (C=O) groups is 1. The van der Waals surface area contributed by atoms with E-state index in [-0.39, 0.29) is 5.91 Å². The monoisotopic (exact) mass is 353 g/mol. The van der Waals surface area contributed by atoms with Gasteiger partial charge in [0.25, 0.3) is 5.91 Å². The predicted molar refractivity (Wildman–Crippen MR) is 71.9 cm³/mol. The van der Waals surface area contributed by atoms with Gasteiger partial charge >= 0.3 is 0 Å². The minimum Gasteiger partial charge on any atom is -0.351 e. The summed E-state index contributed by atoms with van der Waals surface area (Å²) in [5.41, 5.74) is 0.718. The number of hydrogen-bond donors (Lipinski definition) is 1. The third-order valence-corrected chi connectivity index (χ3v) is 4.90. The Morgan fingerprint density at radius 2 is 2.27 bits per heavy atom. The van der Waals surface area contributed by atoms with Crippen molar-refractivity contribution < 1.29 is 4.79 Å². The van der Waals surface area contributed by atoms with E-state index in [9.17, 15) is 4.79 Å². The maximum Gasteiger partial charge on any atom is 0.252 e. The average molecular weight is 355 g/mol. The van der Waals surface area contributed by atoms with Crippen LogP contribution in [0.5, 0.6) is 0 Å². The van der Waals surface area contributed by atoms with Gasteiger partial charge in [-0.1, -0.05) is 29.8 Å². The quantitative estimate of drug-likeness (QED) is 0.821. The van der Waals surface area contributed by atoms with Crippen molar-refractivity contribution in [3.05, 3.63) is 20.8 Å². The summed E-state index contributed by atoms with van der Waals surface area (Å²) >= 11 is 8.38. The lowest BCUT2D eigenvalue weighted by Crippen LogP contribution is -2.31. The molecule has 1 N–H and O–H groups in total. The van der Waals surface area contributed by atoms with E-state index in [1.165, 1.54) is 11.3 Å². The number of alkyl halides is 1. The van der Waals surface area contributed by atoms with Crippen LogP contribution in [-0.2, 0) is 0 Å². The Hall–Kier alpha value is 0.130. The van der Waals surface area contributed by atoms with Gasteiger partial charge in [-0.2, -0.15) is 0 Å². The highest BCUT2D eigenvalue weighted by Gasteiger charge is 2.12. The van der Waals surface area contributed by atoms with Crippen molar-refractivity contribution in [3.63, 3.8) is 0 Å². The number of rotatable bonds is 4. The second-order valence-electron chi connectivity index (χ2n) is 3.61. The van der Waals surface area contributed by atoms with Gasteiger partial charge in [-0.25, -0.2) is 0 Å². The SMILES string of the molecule is CC(C)C(Br)CNC(=O)c1csc(Br)c1. The molecule has 1 aromatic rings. The molecule has 0 aliphatic rings. The Kier molecular flexibility index (Phi) is 5.29. The van der Waals surface area contributed by atoms with Crippen LogP contribution in [0.15, 0.2) is 15.2 Å². The number of nitrogens with one attached hydrogen (secondary N) is 1. The molecule has 0 fully saturated rings. The highest BCUT2D eigenvalue weighted by molar-refractivity contribution is 9.11. The molecule has 0 radical (unpaired) electrons. The molecular weight excluding hydrogens is 342 g/mol. The van der Waals surface area contributed by atoms with Crippen molar-refractivity contribution in [2.24, 2.45) is 5.92 Å². The maximum absolute atomic E-state index is 11.6. The highest BCUT2D eigenvalue weighted by atomic mass is 79.9. The zero-order valence-electron chi connectivity index (χ0n) is 8.59. The molecule has 1 atom stereocenters. The predicted octanol–water partition coefficient (Wildman–Crippen LogP) is 3.66. The first-order valence-electron chi connectivity index (χ1n) is 4.67. The molecule has 5 heteroatoms. The zero-order valence-corrected chi connectivity index (χ0v) is 12.6. The molecule has 0 saturated carbocycles. The Labute approximate surface area is 111 Å². The van der Waals surface area contributed by atoms with Gasteiger partial charge in [0.15, 0.2) is 0 Å². The van der Waals surface area contributed by atoms with E-state index in [0.717, 1.165) is 9.35 Å². The van der Waals surface area contributed by atoms with Crippen molar-refractivity contribution in [3.8, 4) is 0 Å². The first-order valence-corrected chi connectivity index (χ1v) is 7.26. The smallest absolute Gasteiger partial charge is 0.252 e. The Morgan fingerprint density at radius 1 is 1.60 bits per heavy atom. The minimum absolute atomic E-state index is 0.0120. The van der Waals surface area contributed by atoms with E-state index < -0.39 is 0 Å². The lowest BCUT2D eigenvalue weighted by Gasteiger charge is -2.13. The van der Waals surface area contributed by atoms with Gasteiger partial charge in [-0.3, -0.25) is 4.79 Å². The van der Waals surface area contributed by atoms with Crippen molar-refractivity contribution >= 4 is 49.1 Å². The fourth-order valence-electron chi connectivity index (χ4n) is 0.957. The van der Waals surface area contributed by atoms with Gasteiger partial charge in [0.05, 0.1) is 9.35 Å². The summed E-state index contributed by atoms with van der Waals surface area (Å²) < 4.78 is 0.979. The zero-order chi connectivity index (χ0) is 11.4. The summed E-state index contributed by atoms with van der Waals surface area (Å²) in [6, 6.07) is 1.83. The van der Waals surface area contributed by atoms with Gasteiger partial charge < -0.3 is 5.32 Å². The number of carbonyl (C=O) groups excluding carboxylic acids is 1. The molecule has 1 aromatic heterocycles. The molecule has 0 saturated heterocycles. The fraction of sp³-hybridized carbons (Fsp3) is 0.500. The number of thiophene rings is 1. The van der Waals surface area contributed by atoms with Gasteiger partial charge in [0, 0.05) is 16.8 Å². The lowest BCUT2D eigenvalue weighted by molar-refractivity contribution is 0.0953. The van der Waals surface area contributed by atoms with Gasteiger partial charge in [-0.05, 0) is 27.9 Å². The van der Waals surface area contributed by atoms with Crippen molar-refractivity contribution in [2.45, 2.75) is 18.7 Å². The number of halogens is 2. The van der Waals surface area contributed by atoms with Crippen LogP contribution in [0.1, 0.15) is 24.2 Å². The van der Waals surface area contributed by atoms with E-state index in [1.54, 1.807) is 0 Å². The van der Waals surface area contributed by atoms with E-state index in [1.807, 2.05) is 11.4 Å². The van der Waals surface area contributed by atoms with Crippen LogP contribution < -0.4 is 5.32 Å². The second kappa shape index (κ2) is 6.01. The van der Waals surface area contributed by atoms with Crippen LogP contribution in [0.2, 0.25) is 0 Å².